The van der Waals surface area contributed by atoms with E-state index in [0.717, 1.165) is 9.79 Å². The standard InChI is InChI=1S/C19H20N2O2S/c1-4-11-20-19(23)15-7-10-18(17(12-15)21-14(3)22)24-16-8-5-13(2)6-9-16/h4-10,12H,1,11H2,2-3H3,(H,20,23)(H,21,22). The van der Waals surface area contributed by atoms with Crippen molar-refractivity contribution in [1.82, 2.24) is 5.32 Å². The lowest BCUT2D eigenvalue weighted by Gasteiger charge is -2.12. The number of hydrogen-bond donors (Lipinski definition) is 2. The molecule has 0 aliphatic rings. The zero-order chi connectivity index (χ0) is 17.5. The number of amides is 2. The molecule has 0 spiro atoms. The van der Waals surface area contributed by atoms with Crippen LogP contribution in [0.5, 0.6) is 0 Å². The maximum absolute atomic E-state index is 12.1. The molecule has 0 saturated carbocycles. The van der Waals surface area contributed by atoms with Crippen LogP contribution in [0.4, 0.5) is 5.69 Å². The third-order valence-corrected chi connectivity index (χ3v) is 4.29. The third kappa shape index (κ3) is 4.99. The molecule has 0 unspecified atom stereocenters. The van der Waals surface area contributed by atoms with E-state index >= 15 is 0 Å². The van der Waals surface area contributed by atoms with E-state index in [9.17, 15) is 9.59 Å². The number of anilines is 1. The molecule has 0 atom stereocenters. The van der Waals surface area contributed by atoms with Crippen LogP contribution in [0.3, 0.4) is 0 Å². The fraction of sp³-hybridized carbons (Fsp3) is 0.158. The van der Waals surface area contributed by atoms with E-state index in [1.807, 2.05) is 37.3 Å². The van der Waals surface area contributed by atoms with Crippen LogP contribution in [-0.4, -0.2) is 18.4 Å². The van der Waals surface area contributed by atoms with Gasteiger partial charge in [-0.1, -0.05) is 35.5 Å². The van der Waals surface area contributed by atoms with Crippen LogP contribution in [0.1, 0.15) is 22.8 Å². The zero-order valence-electron chi connectivity index (χ0n) is 13.8. The summed E-state index contributed by atoms with van der Waals surface area (Å²) in [7, 11) is 0. The Hall–Kier alpha value is -2.53. The Balaban J connectivity index is 2.29. The van der Waals surface area contributed by atoms with Gasteiger partial charge in [-0.05, 0) is 37.3 Å². The van der Waals surface area contributed by atoms with Crippen molar-refractivity contribution in [2.24, 2.45) is 0 Å². The van der Waals surface area contributed by atoms with E-state index in [-0.39, 0.29) is 11.8 Å². The molecular formula is C19H20N2O2S. The molecule has 0 aliphatic carbocycles. The second kappa shape index (κ2) is 8.36. The van der Waals surface area contributed by atoms with Crippen molar-refractivity contribution in [3.63, 3.8) is 0 Å². The summed E-state index contributed by atoms with van der Waals surface area (Å²) >= 11 is 1.54. The number of nitrogens with one attached hydrogen (secondary N) is 2. The molecule has 0 saturated heterocycles. The second-order valence-electron chi connectivity index (χ2n) is 5.31. The minimum atomic E-state index is -0.201. The molecule has 24 heavy (non-hydrogen) atoms. The van der Waals surface area contributed by atoms with Gasteiger partial charge in [0.2, 0.25) is 5.91 Å². The molecule has 2 amide bonds. The summed E-state index contributed by atoms with van der Waals surface area (Å²) in [5.41, 5.74) is 2.31. The second-order valence-corrected chi connectivity index (χ2v) is 6.42. The molecule has 2 aromatic carbocycles. The van der Waals surface area contributed by atoms with Gasteiger partial charge in [0, 0.05) is 28.8 Å². The fourth-order valence-corrected chi connectivity index (χ4v) is 2.93. The largest absolute Gasteiger partial charge is 0.349 e. The van der Waals surface area contributed by atoms with Gasteiger partial charge in [-0.3, -0.25) is 9.59 Å². The number of carbonyl (C=O) groups excluding carboxylic acids is 2. The van der Waals surface area contributed by atoms with E-state index < -0.39 is 0 Å². The van der Waals surface area contributed by atoms with Gasteiger partial charge in [0.25, 0.3) is 5.91 Å². The van der Waals surface area contributed by atoms with Gasteiger partial charge >= 0.3 is 0 Å². The Bertz CT molecular complexity index is 754. The monoisotopic (exact) mass is 340 g/mol. The SMILES string of the molecule is C=CCNC(=O)c1ccc(Sc2ccc(C)cc2)c(NC(C)=O)c1. The van der Waals surface area contributed by atoms with Gasteiger partial charge in [0.05, 0.1) is 5.69 Å². The molecule has 0 radical (unpaired) electrons. The molecule has 124 valence electrons. The Kier molecular flexibility index (Phi) is 6.21. The van der Waals surface area contributed by atoms with Crippen molar-refractivity contribution >= 4 is 29.3 Å². The highest BCUT2D eigenvalue weighted by Gasteiger charge is 2.11. The molecule has 0 heterocycles. The van der Waals surface area contributed by atoms with Gasteiger partial charge in [0.1, 0.15) is 0 Å². The van der Waals surface area contributed by atoms with Gasteiger partial charge in [0.15, 0.2) is 0 Å². The average molecular weight is 340 g/mol. The van der Waals surface area contributed by atoms with Crippen LogP contribution in [0.2, 0.25) is 0 Å². The fourth-order valence-electron chi connectivity index (χ4n) is 2.05. The first-order valence-electron chi connectivity index (χ1n) is 7.55. The summed E-state index contributed by atoms with van der Waals surface area (Å²) in [5, 5.41) is 5.52. The van der Waals surface area contributed by atoms with Crippen molar-refractivity contribution in [3.05, 3.63) is 66.2 Å². The Labute approximate surface area is 146 Å². The van der Waals surface area contributed by atoms with E-state index in [0.29, 0.717) is 17.8 Å². The summed E-state index contributed by atoms with van der Waals surface area (Å²) in [4.78, 5) is 25.5. The zero-order valence-corrected chi connectivity index (χ0v) is 14.6. The Morgan fingerprint density at radius 3 is 2.50 bits per heavy atom. The third-order valence-electron chi connectivity index (χ3n) is 3.21. The summed E-state index contributed by atoms with van der Waals surface area (Å²) in [6.45, 7) is 7.46. The number of benzene rings is 2. The van der Waals surface area contributed by atoms with E-state index in [4.69, 9.17) is 0 Å². The van der Waals surface area contributed by atoms with Crippen LogP contribution in [-0.2, 0) is 4.79 Å². The predicted octanol–water partition coefficient (Wildman–Crippen LogP) is 4.02. The van der Waals surface area contributed by atoms with Gasteiger partial charge in [-0.2, -0.15) is 0 Å². The maximum atomic E-state index is 12.1. The summed E-state index contributed by atoms with van der Waals surface area (Å²) in [5.74, 6) is -0.377. The topological polar surface area (TPSA) is 58.2 Å². The lowest BCUT2D eigenvalue weighted by atomic mass is 10.2. The first kappa shape index (κ1) is 17.8. The van der Waals surface area contributed by atoms with E-state index in [2.05, 4.69) is 17.2 Å². The first-order valence-corrected chi connectivity index (χ1v) is 8.36. The molecule has 2 aromatic rings. The predicted molar refractivity (Wildman–Crippen MR) is 98.6 cm³/mol. The van der Waals surface area contributed by atoms with Crippen molar-refractivity contribution in [2.45, 2.75) is 23.6 Å². The molecule has 0 bridgehead atoms. The lowest BCUT2D eigenvalue weighted by molar-refractivity contribution is -0.114. The van der Waals surface area contributed by atoms with Crippen molar-refractivity contribution in [1.29, 1.82) is 0 Å². The minimum absolute atomic E-state index is 0.176. The minimum Gasteiger partial charge on any atom is -0.349 e. The number of carbonyl (C=O) groups is 2. The highest BCUT2D eigenvalue weighted by atomic mass is 32.2. The van der Waals surface area contributed by atoms with Crippen LogP contribution < -0.4 is 10.6 Å². The summed E-state index contributed by atoms with van der Waals surface area (Å²) in [6, 6.07) is 13.4. The van der Waals surface area contributed by atoms with Crippen molar-refractivity contribution in [3.8, 4) is 0 Å². The van der Waals surface area contributed by atoms with Gasteiger partial charge in [-0.25, -0.2) is 0 Å². The molecule has 5 heteroatoms. The molecule has 0 fully saturated rings. The molecular weight excluding hydrogens is 320 g/mol. The highest BCUT2D eigenvalue weighted by molar-refractivity contribution is 7.99. The molecule has 0 aromatic heterocycles. The number of hydrogen-bond acceptors (Lipinski definition) is 3. The Morgan fingerprint density at radius 2 is 1.88 bits per heavy atom. The van der Waals surface area contributed by atoms with E-state index in [1.54, 1.807) is 30.0 Å². The molecule has 2 N–H and O–H groups in total. The molecule has 2 rings (SSSR count). The van der Waals surface area contributed by atoms with Crippen molar-refractivity contribution < 1.29 is 9.59 Å². The van der Waals surface area contributed by atoms with E-state index in [1.165, 1.54) is 12.5 Å². The number of aryl methyl sites for hydroxylation is 1. The van der Waals surface area contributed by atoms with Crippen LogP contribution >= 0.6 is 11.8 Å². The molecule has 0 aliphatic heterocycles. The van der Waals surface area contributed by atoms with Crippen molar-refractivity contribution in [2.75, 3.05) is 11.9 Å². The van der Waals surface area contributed by atoms with Crippen LogP contribution in [0.25, 0.3) is 0 Å². The quantitative estimate of drug-likeness (QED) is 0.781. The Morgan fingerprint density at radius 1 is 1.17 bits per heavy atom. The smallest absolute Gasteiger partial charge is 0.251 e. The van der Waals surface area contributed by atoms with Gasteiger partial charge < -0.3 is 10.6 Å². The van der Waals surface area contributed by atoms with Gasteiger partial charge in [-0.15, -0.1) is 6.58 Å². The van der Waals surface area contributed by atoms with Crippen LogP contribution in [0.15, 0.2) is 64.9 Å². The maximum Gasteiger partial charge on any atom is 0.251 e. The average Bonchev–Trinajstić information content (AvgIpc) is 2.55. The lowest BCUT2D eigenvalue weighted by Crippen LogP contribution is -2.23. The highest BCUT2D eigenvalue weighted by Crippen LogP contribution is 2.34. The van der Waals surface area contributed by atoms with Crippen LogP contribution in [0, 0.1) is 6.92 Å². The number of rotatable bonds is 6. The summed E-state index contributed by atoms with van der Waals surface area (Å²) in [6.07, 6.45) is 1.62. The normalized spacial score (nSPS) is 10.1. The summed E-state index contributed by atoms with van der Waals surface area (Å²) < 4.78 is 0. The first-order chi connectivity index (χ1) is 11.5. The molecule has 4 nitrogen and oxygen atoms in total.